The van der Waals surface area contributed by atoms with Crippen LogP contribution in [0.5, 0.6) is 0 Å². The molecule has 1 fully saturated rings. The lowest BCUT2D eigenvalue weighted by Crippen LogP contribution is -2.44. The molecule has 0 saturated carbocycles. The van der Waals surface area contributed by atoms with Crippen LogP contribution in [0, 0.1) is 0 Å². The fourth-order valence-electron chi connectivity index (χ4n) is 4.00. The lowest BCUT2D eigenvalue weighted by molar-refractivity contribution is 0.208. The van der Waals surface area contributed by atoms with Crippen LogP contribution in [0.2, 0.25) is 0 Å². The third-order valence-corrected chi connectivity index (χ3v) is 7.09. The molecule has 2 aliphatic heterocycles. The molecule has 0 aliphatic carbocycles. The summed E-state index contributed by atoms with van der Waals surface area (Å²) in [5.41, 5.74) is 1.81. The summed E-state index contributed by atoms with van der Waals surface area (Å²) >= 11 is 0. The summed E-state index contributed by atoms with van der Waals surface area (Å²) in [6.45, 7) is 1.98. The lowest BCUT2D eigenvalue weighted by Gasteiger charge is -2.45. The molecule has 0 aromatic heterocycles. The van der Waals surface area contributed by atoms with Gasteiger partial charge in [0.1, 0.15) is 0 Å². The summed E-state index contributed by atoms with van der Waals surface area (Å²) in [6, 6.07) is 15.1. The molecule has 0 atom stereocenters. The molecular formula is C18H19NO2S. The summed E-state index contributed by atoms with van der Waals surface area (Å²) in [5, 5.41) is 0. The molecule has 0 radical (unpaired) electrons. The topological polar surface area (TPSA) is 37.4 Å². The van der Waals surface area contributed by atoms with Gasteiger partial charge in [0.2, 0.25) is 9.84 Å². The first-order valence-corrected chi connectivity index (χ1v) is 9.17. The van der Waals surface area contributed by atoms with Crippen molar-refractivity contribution in [1.82, 2.24) is 4.90 Å². The standard InChI is InChI=1S/C18H19NO2S/c1-19-12-10-18(11-13-19)14-6-2-4-8-16(14)22(20,21)17-9-5-3-7-15(17)18/h2-9H,10-13H2,1H3. The van der Waals surface area contributed by atoms with Crippen LogP contribution in [0.3, 0.4) is 0 Å². The summed E-state index contributed by atoms with van der Waals surface area (Å²) < 4.78 is 26.0. The van der Waals surface area contributed by atoms with Crippen LogP contribution in [-0.4, -0.2) is 33.5 Å². The van der Waals surface area contributed by atoms with E-state index in [4.69, 9.17) is 0 Å². The van der Waals surface area contributed by atoms with E-state index in [9.17, 15) is 8.42 Å². The van der Waals surface area contributed by atoms with Gasteiger partial charge in [-0.25, -0.2) is 8.42 Å². The predicted octanol–water partition coefficient (Wildman–Crippen LogP) is 2.84. The van der Waals surface area contributed by atoms with Crippen LogP contribution >= 0.6 is 0 Å². The van der Waals surface area contributed by atoms with Crippen molar-refractivity contribution in [3.63, 3.8) is 0 Å². The molecule has 0 N–H and O–H groups in total. The Morgan fingerprint density at radius 3 is 1.82 bits per heavy atom. The minimum Gasteiger partial charge on any atom is -0.306 e. The zero-order valence-electron chi connectivity index (χ0n) is 12.6. The number of benzene rings is 2. The Kier molecular flexibility index (Phi) is 2.97. The van der Waals surface area contributed by atoms with Gasteiger partial charge in [-0.2, -0.15) is 0 Å². The summed E-state index contributed by atoms with van der Waals surface area (Å²) in [4.78, 5) is 3.32. The van der Waals surface area contributed by atoms with E-state index in [1.807, 2.05) is 36.4 Å². The van der Waals surface area contributed by atoms with Gasteiger partial charge in [-0.05, 0) is 56.2 Å². The van der Waals surface area contributed by atoms with Crippen molar-refractivity contribution < 1.29 is 8.42 Å². The van der Waals surface area contributed by atoms with Crippen LogP contribution in [0.25, 0.3) is 0 Å². The number of piperidine rings is 1. The van der Waals surface area contributed by atoms with Gasteiger partial charge in [-0.15, -0.1) is 0 Å². The second-order valence-electron chi connectivity index (χ2n) is 6.38. The summed E-state index contributed by atoms with van der Waals surface area (Å²) in [7, 11) is -1.27. The number of likely N-dealkylation sites (tertiary alicyclic amines) is 1. The van der Waals surface area contributed by atoms with Crippen LogP contribution in [0.15, 0.2) is 58.3 Å². The van der Waals surface area contributed by atoms with Gasteiger partial charge in [0.25, 0.3) is 0 Å². The lowest BCUT2D eigenvalue weighted by atomic mass is 9.68. The highest BCUT2D eigenvalue weighted by molar-refractivity contribution is 7.91. The molecule has 0 amide bonds. The maximum absolute atomic E-state index is 13.0. The van der Waals surface area contributed by atoms with Crippen molar-refractivity contribution in [1.29, 1.82) is 0 Å². The number of nitrogens with zero attached hydrogens (tertiary/aromatic N) is 1. The first kappa shape index (κ1) is 14.0. The Hall–Kier alpha value is -1.65. The van der Waals surface area contributed by atoms with Gasteiger partial charge in [0.05, 0.1) is 9.79 Å². The highest BCUT2D eigenvalue weighted by atomic mass is 32.2. The highest BCUT2D eigenvalue weighted by Gasteiger charge is 2.46. The first-order valence-electron chi connectivity index (χ1n) is 7.68. The molecule has 1 spiro atoms. The molecule has 1 saturated heterocycles. The van der Waals surface area contributed by atoms with Crippen molar-refractivity contribution in [2.24, 2.45) is 0 Å². The summed E-state index contributed by atoms with van der Waals surface area (Å²) in [6.07, 6.45) is 1.93. The van der Waals surface area contributed by atoms with E-state index >= 15 is 0 Å². The van der Waals surface area contributed by atoms with Gasteiger partial charge >= 0.3 is 0 Å². The van der Waals surface area contributed by atoms with E-state index in [-0.39, 0.29) is 5.41 Å². The Bertz CT molecular complexity index is 778. The largest absolute Gasteiger partial charge is 0.306 e. The predicted molar refractivity (Wildman–Crippen MR) is 85.8 cm³/mol. The Morgan fingerprint density at radius 1 is 0.864 bits per heavy atom. The van der Waals surface area contributed by atoms with Crippen molar-refractivity contribution in [2.75, 3.05) is 20.1 Å². The average molecular weight is 313 g/mol. The smallest absolute Gasteiger partial charge is 0.207 e. The zero-order valence-corrected chi connectivity index (χ0v) is 13.4. The minimum atomic E-state index is -3.40. The van der Waals surface area contributed by atoms with Gasteiger partial charge in [0, 0.05) is 5.41 Å². The third kappa shape index (κ3) is 1.74. The molecule has 2 heterocycles. The molecule has 2 aliphatic rings. The van der Waals surface area contributed by atoms with Gasteiger partial charge in [-0.1, -0.05) is 36.4 Å². The maximum Gasteiger partial charge on any atom is 0.207 e. The van der Waals surface area contributed by atoms with Crippen molar-refractivity contribution in [2.45, 2.75) is 28.0 Å². The van der Waals surface area contributed by atoms with Gasteiger partial charge in [0.15, 0.2) is 0 Å². The Balaban J connectivity index is 2.06. The van der Waals surface area contributed by atoms with Crippen molar-refractivity contribution in [3.05, 3.63) is 59.7 Å². The SMILES string of the molecule is CN1CCC2(CC1)c1ccccc1S(=O)(=O)c1ccccc12. The first-order chi connectivity index (χ1) is 10.6. The molecular weight excluding hydrogens is 294 g/mol. The van der Waals surface area contributed by atoms with Crippen LogP contribution < -0.4 is 0 Å². The molecule has 0 bridgehead atoms. The van der Waals surface area contributed by atoms with Crippen molar-refractivity contribution >= 4 is 9.84 Å². The number of sulfone groups is 1. The quantitative estimate of drug-likeness (QED) is 0.750. The molecule has 22 heavy (non-hydrogen) atoms. The van der Waals surface area contributed by atoms with E-state index in [1.165, 1.54) is 0 Å². The Morgan fingerprint density at radius 2 is 1.32 bits per heavy atom. The fraction of sp³-hybridized carbons (Fsp3) is 0.333. The average Bonchev–Trinajstić information content (AvgIpc) is 2.55. The van der Waals surface area contributed by atoms with Crippen LogP contribution in [0.4, 0.5) is 0 Å². The third-order valence-electron chi connectivity index (χ3n) is 5.22. The number of hydrogen-bond acceptors (Lipinski definition) is 3. The molecule has 2 aromatic rings. The zero-order chi connectivity index (χ0) is 15.4. The molecule has 2 aromatic carbocycles. The van der Waals surface area contributed by atoms with Gasteiger partial charge < -0.3 is 4.90 Å². The number of hydrogen-bond donors (Lipinski definition) is 0. The molecule has 3 nitrogen and oxygen atoms in total. The molecule has 0 unspecified atom stereocenters. The minimum absolute atomic E-state index is 0.162. The van der Waals surface area contributed by atoms with Crippen LogP contribution in [-0.2, 0) is 15.3 Å². The second kappa shape index (κ2) is 4.67. The molecule has 114 valence electrons. The van der Waals surface area contributed by atoms with Crippen molar-refractivity contribution in [3.8, 4) is 0 Å². The fourth-order valence-corrected chi connectivity index (χ4v) is 5.85. The number of fused-ring (bicyclic) bond motifs is 4. The second-order valence-corrected chi connectivity index (χ2v) is 8.27. The monoisotopic (exact) mass is 313 g/mol. The van der Waals surface area contributed by atoms with E-state index in [1.54, 1.807) is 12.1 Å². The van der Waals surface area contributed by atoms with Crippen LogP contribution in [0.1, 0.15) is 24.0 Å². The van der Waals surface area contributed by atoms with Gasteiger partial charge in [-0.3, -0.25) is 0 Å². The number of rotatable bonds is 0. The summed E-state index contributed by atoms with van der Waals surface area (Å²) in [5.74, 6) is 0. The van der Waals surface area contributed by atoms with E-state index in [0.717, 1.165) is 37.1 Å². The van der Waals surface area contributed by atoms with E-state index in [0.29, 0.717) is 9.79 Å². The molecule has 4 rings (SSSR count). The normalized spacial score (nSPS) is 22.0. The maximum atomic E-state index is 13.0. The highest BCUT2D eigenvalue weighted by Crippen LogP contribution is 2.50. The Labute approximate surface area is 131 Å². The van der Waals surface area contributed by atoms with E-state index in [2.05, 4.69) is 11.9 Å². The van der Waals surface area contributed by atoms with E-state index < -0.39 is 9.84 Å². The molecule has 4 heteroatoms.